The van der Waals surface area contributed by atoms with Crippen molar-refractivity contribution in [3.8, 4) is 0 Å². The summed E-state index contributed by atoms with van der Waals surface area (Å²) >= 11 is 3.13. The number of hydrogen-bond donors (Lipinski definition) is 1. The molecule has 0 atom stereocenters. The molecule has 1 aliphatic rings. The molecule has 0 spiro atoms. The highest BCUT2D eigenvalue weighted by atomic mass is 79.9. The number of carbonyl (C=O) groups is 1. The molecule has 0 aliphatic carbocycles. The van der Waals surface area contributed by atoms with E-state index in [1.54, 1.807) is 0 Å². The van der Waals surface area contributed by atoms with Crippen molar-refractivity contribution in [2.75, 3.05) is 18.4 Å². The highest BCUT2D eigenvalue weighted by Gasteiger charge is 2.30. The van der Waals surface area contributed by atoms with Crippen molar-refractivity contribution in [3.63, 3.8) is 0 Å². The molecule has 138 valence electrons. The quantitative estimate of drug-likeness (QED) is 0.780. The number of halogens is 3. The summed E-state index contributed by atoms with van der Waals surface area (Å²) in [7, 11) is -3.99. The molecule has 5 nitrogen and oxygen atoms in total. The highest BCUT2D eigenvalue weighted by molar-refractivity contribution is 9.10. The summed E-state index contributed by atoms with van der Waals surface area (Å²) in [4.78, 5) is 11.9. The van der Waals surface area contributed by atoms with Crippen LogP contribution in [0.3, 0.4) is 0 Å². The van der Waals surface area contributed by atoms with E-state index < -0.39 is 32.5 Å². The summed E-state index contributed by atoms with van der Waals surface area (Å²) in [5.74, 6) is -2.01. The van der Waals surface area contributed by atoms with Crippen LogP contribution in [-0.2, 0) is 10.0 Å². The van der Waals surface area contributed by atoms with Crippen LogP contribution in [0.4, 0.5) is 14.5 Å². The average Bonchev–Trinajstić information content (AvgIpc) is 3.13. The number of benzene rings is 2. The van der Waals surface area contributed by atoms with Crippen LogP contribution in [0.2, 0.25) is 0 Å². The number of rotatable bonds is 4. The Morgan fingerprint density at radius 1 is 1.08 bits per heavy atom. The van der Waals surface area contributed by atoms with E-state index >= 15 is 0 Å². The maximum Gasteiger partial charge on any atom is 0.255 e. The first kappa shape index (κ1) is 18.9. The van der Waals surface area contributed by atoms with E-state index in [4.69, 9.17) is 0 Å². The predicted octanol–water partition coefficient (Wildman–Crippen LogP) is 3.76. The van der Waals surface area contributed by atoms with Crippen LogP contribution in [0.5, 0.6) is 0 Å². The Labute approximate surface area is 158 Å². The monoisotopic (exact) mass is 444 g/mol. The zero-order valence-corrected chi connectivity index (χ0v) is 15.9. The largest absolute Gasteiger partial charge is 0.321 e. The van der Waals surface area contributed by atoms with Gasteiger partial charge >= 0.3 is 0 Å². The minimum absolute atomic E-state index is 0.0135. The van der Waals surface area contributed by atoms with Gasteiger partial charge in [0.25, 0.3) is 5.91 Å². The number of nitrogens with zero attached hydrogens (tertiary/aromatic N) is 1. The van der Waals surface area contributed by atoms with Gasteiger partial charge in [-0.3, -0.25) is 4.79 Å². The van der Waals surface area contributed by atoms with E-state index in [2.05, 4.69) is 21.2 Å². The summed E-state index contributed by atoms with van der Waals surface area (Å²) in [6, 6.07) is 6.90. The highest BCUT2D eigenvalue weighted by Crippen LogP contribution is 2.26. The third-order valence-corrected chi connectivity index (χ3v) is 6.63. The van der Waals surface area contributed by atoms with E-state index in [0.717, 1.165) is 25.0 Å². The van der Waals surface area contributed by atoms with Crippen LogP contribution in [0.1, 0.15) is 23.2 Å². The van der Waals surface area contributed by atoms with Gasteiger partial charge in [0, 0.05) is 23.1 Å². The van der Waals surface area contributed by atoms with Crippen molar-refractivity contribution >= 4 is 37.5 Å². The van der Waals surface area contributed by atoms with Crippen molar-refractivity contribution in [2.45, 2.75) is 17.7 Å². The second kappa shape index (κ2) is 7.42. The summed E-state index contributed by atoms with van der Waals surface area (Å²) in [5.41, 5.74) is 0.296. The minimum Gasteiger partial charge on any atom is -0.321 e. The average molecular weight is 445 g/mol. The van der Waals surface area contributed by atoms with Crippen LogP contribution in [0, 0.1) is 11.6 Å². The van der Waals surface area contributed by atoms with E-state index in [9.17, 15) is 22.0 Å². The second-order valence-corrected chi connectivity index (χ2v) is 8.60. The smallest absolute Gasteiger partial charge is 0.255 e. The van der Waals surface area contributed by atoms with Crippen molar-refractivity contribution < 1.29 is 22.0 Å². The van der Waals surface area contributed by atoms with Crippen molar-refractivity contribution in [3.05, 3.63) is 58.1 Å². The van der Waals surface area contributed by atoms with Crippen molar-refractivity contribution in [1.82, 2.24) is 4.31 Å². The molecule has 26 heavy (non-hydrogen) atoms. The van der Waals surface area contributed by atoms with E-state index in [1.807, 2.05) is 0 Å². The van der Waals surface area contributed by atoms with Crippen LogP contribution in [-0.4, -0.2) is 31.7 Å². The van der Waals surface area contributed by atoms with Gasteiger partial charge in [0.15, 0.2) is 0 Å². The van der Waals surface area contributed by atoms with Crippen LogP contribution in [0.25, 0.3) is 0 Å². The molecule has 1 aliphatic heterocycles. The molecule has 1 amide bonds. The zero-order valence-electron chi connectivity index (χ0n) is 13.5. The van der Waals surface area contributed by atoms with E-state index in [-0.39, 0.29) is 5.56 Å². The Morgan fingerprint density at radius 3 is 2.42 bits per heavy atom. The number of nitrogens with one attached hydrogen (secondary N) is 1. The molecule has 1 heterocycles. The number of carbonyl (C=O) groups excluding carboxylic acids is 1. The van der Waals surface area contributed by atoms with Crippen LogP contribution >= 0.6 is 15.9 Å². The first-order chi connectivity index (χ1) is 12.3. The van der Waals surface area contributed by atoms with Crippen LogP contribution in [0.15, 0.2) is 45.8 Å². The Morgan fingerprint density at radius 2 is 1.77 bits per heavy atom. The molecule has 1 fully saturated rings. The third-order valence-electron chi connectivity index (χ3n) is 4.06. The third kappa shape index (κ3) is 3.79. The van der Waals surface area contributed by atoms with Gasteiger partial charge in [-0.1, -0.05) is 0 Å². The molecule has 0 radical (unpaired) electrons. The summed E-state index contributed by atoms with van der Waals surface area (Å²) < 4.78 is 54.0. The molecule has 9 heteroatoms. The fourth-order valence-corrected chi connectivity index (χ4v) is 4.75. The lowest BCUT2D eigenvalue weighted by Gasteiger charge is -2.16. The zero-order chi connectivity index (χ0) is 18.9. The summed E-state index contributed by atoms with van der Waals surface area (Å²) in [6.45, 7) is 0.668. The Bertz CT molecular complexity index is 960. The molecule has 2 aromatic rings. The summed E-state index contributed by atoms with van der Waals surface area (Å²) in [5, 5.41) is 2.54. The lowest BCUT2D eigenvalue weighted by atomic mass is 10.2. The fraction of sp³-hybridized carbons (Fsp3) is 0.235. The molecule has 3 rings (SSSR count). The van der Waals surface area contributed by atoms with Gasteiger partial charge in [-0.15, -0.1) is 0 Å². The topological polar surface area (TPSA) is 66.5 Å². The normalized spacial score (nSPS) is 15.2. The number of hydrogen-bond acceptors (Lipinski definition) is 3. The molecule has 0 unspecified atom stereocenters. The maximum absolute atomic E-state index is 14.1. The predicted molar refractivity (Wildman–Crippen MR) is 96.4 cm³/mol. The van der Waals surface area contributed by atoms with Crippen LogP contribution < -0.4 is 5.32 Å². The van der Waals surface area contributed by atoms with Crippen molar-refractivity contribution in [2.24, 2.45) is 0 Å². The lowest BCUT2D eigenvalue weighted by molar-refractivity contribution is 0.102. The van der Waals surface area contributed by atoms with Gasteiger partial charge in [0.1, 0.15) is 16.5 Å². The minimum atomic E-state index is -3.99. The number of amides is 1. The Hall–Kier alpha value is -1.84. The lowest BCUT2D eigenvalue weighted by Crippen LogP contribution is -2.29. The summed E-state index contributed by atoms with van der Waals surface area (Å²) in [6.07, 6.45) is 1.44. The van der Waals surface area contributed by atoms with Gasteiger partial charge in [-0.25, -0.2) is 17.2 Å². The van der Waals surface area contributed by atoms with E-state index in [1.165, 1.54) is 28.6 Å². The van der Waals surface area contributed by atoms with Gasteiger partial charge in [-0.05, 0) is 65.2 Å². The van der Waals surface area contributed by atoms with Gasteiger partial charge in [0.05, 0.1) is 5.69 Å². The Balaban J connectivity index is 1.90. The fourth-order valence-electron chi connectivity index (χ4n) is 2.70. The molecular weight excluding hydrogens is 430 g/mol. The van der Waals surface area contributed by atoms with Crippen molar-refractivity contribution in [1.29, 1.82) is 0 Å². The first-order valence-corrected chi connectivity index (χ1v) is 10.1. The maximum atomic E-state index is 14.1. The molecule has 1 N–H and O–H groups in total. The molecule has 2 aromatic carbocycles. The number of sulfonamides is 1. The standard InChI is InChI=1S/C17H15BrF2N2O3S/c18-13-10-12(19)4-6-15(13)21-17(23)11-3-5-14(20)16(9-11)26(24,25)22-7-1-2-8-22/h3-6,9-10H,1-2,7-8H2,(H,21,23). The van der Waals surface area contributed by atoms with Gasteiger partial charge in [-0.2, -0.15) is 4.31 Å². The number of anilines is 1. The second-order valence-electron chi connectivity index (χ2n) is 5.83. The van der Waals surface area contributed by atoms with Gasteiger partial charge in [0.2, 0.25) is 10.0 Å². The van der Waals surface area contributed by atoms with E-state index in [0.29, 0.717) is 23.2 Å². The molecule has 0 aromatic heterocycles. The molecular formula is C17H15BrF2N2O3S. The van der Waals surface area contributed by atoms with Gasteiger partial charge < -0.3 is 5.32 Å². The Kier molecular flexibility index (Phi) is 5.40. The SMILES string of the molecule is O=C(Nc1ccc(F)cc1Br)c1ccc(F)c(S(=O)(=O)N2CCCC2)c1. The molecule has 1 saturated heterocycles. The first-order valence-electron chi connectivity index (χ1n) is 7.85. The molecule has 0 saturated carbocycles. The molecule has 0 bridgehead atoms.